The third-order valence-electron chi connectivity index (χ3n) is 5.21. The maximum atomic E-state index is 13.3. The number of aromatic nitrogens is 2. The minimum atomic E-state index is -4.55. The molecule has 25 heavy (non-hydrogen) atoms. The molecule has 0 bridgehead atoms. The molecule has 0 spiro atoms. The van der Waals surface area contributed by atoms with Crippen LogP contribution in [0.3, 0.4) is 0 Å². The van der Waals surface area contributed by atoms with E-state index >= 15 is 0 Å². The lowest BCUT2D eigenvalue weighted by atomic mass is 10.0. The van der Waals surface area contributed by atoms with Crippen LogP contribution in [0.2, 0.25) is 0 Å². The van der Waals surface area contributed by atoms with E-state index in [9.17, 15) is 18.0 Å². The van der Waals surface area contributed by atoms with Gasteiger partial charge in [-0.3, -0.25) is 4.79 Å². The topological polar surface area (TPSA) is 58.4 Å². The highest BCUT2D eigenvalue weighted by Crippen LogP contribution is 2.49. The van der Waals surface area contributed by atoms with Crippen molar-refractivity contribution in [3.05, 3.63) is 35.9 Å². The van der Waals surface area contributed by atoms with E-state index < -0.39 is 17.4 Å². The summed E-state index contributed by atoms with van der Waals surface area (Å²) in [6.07, 6.45) is -3.01. The van der Waals surface area contributed by atoms with Crippen molar-refractivity contribution in [2.45, 2.75) is 25.6 Å². The molecule has 2 aromatic heterocycles. The third-order valence-corrected chi connectivity index (χ3v) is 5.21. The van der Waals surface area contributed by atoms with Crippen molar-refractivity contribution < 1.29 is 18.0 Å². The van der Waals surface area contributed by atoms with Crippen LogP contribution in [-0.4, -0.2) is 28.4 Å². The van der Waals surface area contributed by atoms with E-state index in [4.69, 9.17) is 0 Å². The van der Waals surface area contributed by atoms with Gasteiger partial charge in [0.05, 0.1) is 11.1 Å². The van der Waals surface area contributed by atoms with Crippen molar-refractivity contribution in [2.24, 2.45) is 17.8 Å². The number of fused-ring (bicyclic) bond motifs is 2. The molecule has 2 aromatic rings. The average molecular weight is 352 g/mol. The van der Waals surface area contributed by atoms with E-state index in [1.165, 1.54) is 16.7 Å². The Morgan fingerprint density at radius 2 is 1.96 bits per heavy atom. The molecule has 2 aliphatic rings. The summed E-state index contributed by atoms with van der Waals surface area (Å²) in [5.41, 5.74) is -1.97. The van der Waals surface area contributed by atoms with Crippen LogP contribution in [-0.2, 0) is 16.5 Å². The zero-order chi connectivity index (χ0) is 18.0. The van der Waals surface area contributed by atoms with Crippen molar-refractivity contribution in [2.75, 3.05) is 13.1 Å². The van der Waals surface area contributed by atoms with Crippen LogP contribution >= 0.6 is 0 Å². The molecule has 3 heterocycles. The summed E-state index contributed by atoms with van der Waals surface area (Å²) in [4.78, 5) is 16.4. The van der Waals surface area contributed by atoms with Gasteiger partial charge in [0.1, 0.15) is 5.82 Å². The molecule has 2 atom stereocenters. The van der Waals surface area contributed by atoms with Crippen LogP contribution in [0, 0.1) is 17.8 Å². The van der Waals surface area contributed by atoms with Gasteiger partial charge in [0, 0.05) is 12.1 Å². The van der Waals surface area contributed by atoms with Gasteiger partial charge < -0.3 is 15.0 Å². The second-order valence-corrected chi connectivity index (χ2v) is 7.36. The van der Waals surface area contributed by atoms with Gasteiger partial charge in [-0.05, 0) is 50.9 Å². The van der Waals surface area contributed by atoms with Gasteiger partial charge in [-0.1, -0.05) is 6.07 Å². The second kappa shape index (κ2) is 5.20. The van der Waals surface area contributed by atoms with Crippen LogP contribution in [0.25, 0.3) is 5.52 Å². The Labute approximate surface area is 142 Å². The highest BCUT2D eigenvalue weighted by atomic mass is 19.4. The van der Waals surface area contributed by atoms with Gasteiger partial charge in [0.25, 0.3) is 0 Å². The van der Waals surface area contributed by atoms with Gasteiger partial charge in [0.15, 0.2) is 5.69 Å². The van der Waals surface area contributed by atoms with Crippen molar-refractivity contribution in [1.29, 1.82) is 0 Å². The number of hydrogen-bond acceptors (Lipinski definition) is 3. The molecule has 1 aliphatic carbocycles. The normalized spacial score (nSPS) is 25.9. The van der Waals surface area contributed by atoms with Gasteiger partial charge in [0.2, 0.25) is 5.91 Å². The van der Waals surface area contributed by atoms with E-state index in [1.807, 2.05) is 0 Å². The Morgan fingerprint density at radius 3 is 2.60 bits per heavy atom. The summed E-state index contributed by atoms with van der Waals surface area (Å²) in [7, 11) is 0. The molecule has 5 nitrogen and oxygen atoms in total. The SMILES string of the molecule is CC(C)(NC(=O)C1C2CNCC21)c1nc(C(F)(F)F)c2ccccn12. The molecule has 2 N–H and O–H groups in total. The fourth-order valence-electron chi connectivity index (χ4n) is 3.94. The van der Waals surface area contributed by atoms with Crippen LogP contribution in [0.15, 0.2) is 24.4 Å². The maximum Gasteiger partial charge on any atom is 0.435 e. The minimum Gasteiger partial charge on any atom is -0.344 e. The first-order valence-electron chi connectivity index (χ1n) is 8.27. The molecule has 4 rings (SSSR count). The number of rotatable bonds is 3. The van der Waals surface area contributed by atoms with Crippen molar-refractivity contribution in [3.8, 4) is 0 Å². The van der Waals surface area contributed by atoms with Gasteiger partial charge in [-0.15, -0.1) is 0 Å². The van der Waals surface area contributed by atoms with Crippen molar-refractivity contribution in [3.63, 3.8) is 0 Å². The predicted octanol–water partition coefficient (Wildman–Crippen LogP) is 2.17. The highest BCUT2D eigenvalue weighted by molar-refractivity contribution is 5.83. The average Bonchev–Trinajstić information content (AvgIpc) is 2.87. The number of carbonyl (C=O) groups excluding carboxylic acids is 1. The quantitative estimate of drug-likeness (QED) is 0.890. The molecule has 8 heteroatoms. The fourth-order valence-corrected chi connectivity index (χ4v) is 3.94. The van der Waals surface area contributed by atoms with E-state index in [1.54, 1.807) is 26.0 Å². The number of amides is 1. The number of alkyl halides is 3. The monoisotopic (exact) mass is 352 g/mol. The molecule has 1 saturated heterocycles. The maximum absolute atomic E-state index is 13.3. The summed E-state index contributed by atoms with van der Waals surface area (Å²) in [5.74, 6) is 0.710. The molecule has 0 radical (unpaired) electrons. The molecular formula is C17H19F3N4O. The van der Waals surface area contributed by atoms with Gasteiger partial charge >= 0.3 is 6.18 Å². The molecule has 1 aliphatic heterocycles. The number of nitrogens with one attached hydrogen (secondary N) is 2. The van der Waals surface area contributed by atoms with Crippen molar-refractivity contribution in [1.82, 2.24) is 20.0 Å². The molecule has 1 amide bonds. The zero-order valence-corrected chi connectivity index (χ0v) is 13.9. The van der Waals surface area contributed by atoms with Crippen LogP contribution in [0.4, 0.5) is 13.2 Å². The van der Waals surface area contributed by atoms with Gasteiger partial charge in [-0.2, -0.15) is 13.2 Å². The first-order chi connectivity index (χ1) is 11.7. The number of halogens is 3. The number of pyridine rings is 1. The lowest BCUT2D eigenvalue weighted by molar-refractivity contribution is -0.139. The van der Waals surface area contributed by atoms with Crippen LogP contribution < -0.4 is 10.6 Å². The molecule has 1 saturated carbocycles. The molecule has 0 aromatic carbocycles. The smallest absolute Gasteiger partial charge is 0.344 e. The summed E-state index contributed by atoms with van der Waals surface area (Å²) in [5, 5.41) is 6.13. The van der Waals surface area contributed by atoms with E-state index in [-0.39, 0.29) is 23.2 Å². The summed E-state index contributed by atoms with van der Waals surface area (Å²) >= 11 is 0. The van der Waals surface area contributed by atoms with E-state index in [0.717, 1.165) is 13.1 Å². The first-order valence-corrected chi connectivity index (χ1v) is 8.27. The fraction of sp³-hybridized carbons (Fsp3) is 0.529. The third kappa shape index (κ3) is 2.59. The Balaban J connectivity index is 1.67. The standard InChI is InChI=1S/C17H19F3N4O/c1-16(2,23-14(25)12-9-7-21-8-10(9)12)15-22-13(17(18,19)20)11-5-3-4-6-24(11)15/h3-6,9-10,12,21H,7-8H2,1-2H3,(H,23,25). The lowest BCUT2D eigenvalue weighted by Crippen LogP contribution is -2.44. The summed E-state index contributed by atoms with van der Waals surface area (Å²) in [6, 6.07) is 4.57. The number of imidazole rings is 1. The zero-order valence-electron chi connectivity index (χ0n) is 13.9. The molecular weight excluding hydrogens is 333 g/mol. The molecule has 2 unspecified atom stereocenters. The Hall–Kier alpha value is -2.09. The van der Waals surface area contributed by atoms with Crippen LogP contribution in [0.5, 0.6) is 0 Å². The Morgan fingerprint density at radius 1 is 1.28 bits per heavy atom. The summed E-state index contributed by atoms with van der Waals surface area (Å²) < 4.78 is 41.3. The Bertz CT molecular complexity index is 832. The second-order valence-electron chi connectivity index (χ2n) is 7.36. The van der Waals surface area contributed by atoms with E-state index in [2.05, 4.69) is 15.6 Å². The molecule has 134 valence electrons. The predicted molar refractivity (Wildman–Crippen MR) is 84.7 cm³/mol. The van der Waals surface area contributed by atoms with Gasteiger partial charge in [-0.25, -0.2) is 4.98 Å². The Kier molecular flexibility index (Phi) is 3.41. The lowest BCUT2D eigenvalue weighted by Gasteiger charge is -2.25. The summed E-state index contributed by atoms with van der Waals surface area (Å²) in [6.45, 7) is 5.02. The van der Waals surface area contributed by atoms with Crippen molar-refractivity contribution >= 4 is 11.4 Å². The minimum absolute atomic E-state index is 0.0141. The number of nitrogens with zero attached hydrogens (tertiary/aromatic N) is 2. The largest absolute Gasteiger partial charge is 0.435 e. The molecule has 2 fully saturated rings. The number of piperidine rings is 1. The first kappa shape index (κ1) is 16.4. The van der Waals surface area contributed by atoms with Crippen LogP contribution in [0.1, 0.15) is 25.4 Å². The number of hydrogen-bond donors (Lipinski definition) is 2. The highest BCUT2D eigenvalue weighted by Gasteiger charge is 2.57. The van der Waals surface area contributed by atoms with E-state index in [0.29, 0.717) is 11.8 Å². The number of carbonyl (C=O) groups is 1.